The highest BCUT2D eigenvalue weighted by atomic mass is 79.9. The molecule has 1 N–H and O–H groups in total. The molecule has 1 aliphatic heterocycles. The molecule has 0 bridgehead atoms. The van der Waals surface area contributed by atoms with Gasteiger partial charge in [0.15, 0.2) is 5.76 Å². The fourth-order valence-corrected chi connectivity index (χ4v) is 3.98. The SMILES string of the molecule is O=C(OC1=CS(=O)(=O)Nc2ccc(Oc3ccc(Br)cc3)cc21)c1ccccc1. The number of anilines is 1. The van der Waals surface area contributed by atoms with Crippen LogP contribution in [-0.2, 0) is 14.8 Å². The van der Waals surface area contributed by atoms with Crippen molar-refractivity contribution in [1.82, 2.24) is 0 Å². The van der Waals surface area contributed by atoms with E-state index in [1.807, 2.05) is 12.1 Å². The minimum absolute atomic E-state index is 0.0751. The number of nitrogens with one attached hydrogen (secondary N) is 1. The summed E-state index contributed by atoms with van der Waals surface area (Å²) in [4.78, 5) is 12.4. The summed E-state index contributed by atoms with van der Waals surface area (Å²) in [5.74, 6) is 0.346. The fraction of sp³-hybridized carbons (Fsp3) is 0. The second kappa shape index (κ2) is 7.73. The van der Waals surface area contributed by atoms with E-state index in [0.29, 0.717) is 28.3 Å². The zero-order valence-corrected chi connectivity index (χ0v) is 17.2. The minimum atomic E-state index is -3.78. The molecular weight excluding hydrogens is 458 g/mol. The summed E-state index contributed by atoms with van der Waals surface area (Å²) in [5.41, 5.74) is 1.01. The van der Waals surface area contributed by atoms with Crippen molar-refractivity contribution in [3.8, 4) is 11.5 Å². The van der Waals surface area contributed by atoms with Crippen LogP contribution in [0.25, 0.3) is 5.76 Å². The van der Waals surface area contributed by atoms with Crippen LogP contribution in [0.3, 0.4) is 0 Å². The van der Waals surface area contributed by atoms with Crippen molar-refractivity contribution in [3.05, 3.63) is 93.8 Å². The standard InChI is InChI=1S/C21H14BrNO5S/c22-15-6-8-16(9-7-15)27-17-10-11-19-18(12-17)20(13-29(25,26)23-19)28-21(24)14-4-2-1-3-5-14/h1-13,23H. The van der Waals surface area contributed by atoms with Crippen molar-refractivity contribution in [2.24, 2.45) is 0 Å². The summed E-state index contributed by atoms with van der Waals surface area (Å²) < 4.78 is 38.8. The van der Waals surface area contributed by atoms with Crippen molar-refractivity contribution in [1.29, 1.82) is 0 Å². The number of halogens is 1. The molecule has 1 heterocycles. The maximum atomic E-state index is 12.4. The van der Waals surface area contributed by atoms with Gasteiger partial charge >= 0.3 is 5.97 Å². The molecule has 3 aromatic rings. The molecule has 8 heteroatoms. The van der Waals surface area contributed by atoms with E-state index < -0.39 is 16.0 Å². The van der Waals surface area contributed by atoms with Crippen LogP contribution in [0.15, 0.2) is 82.7 Å². The summed E-state index contributed by atoms with van der Waals surface area (Å²) in [5, 5.41) is 0.888. The number of carbonyl (C=O) groups is 1. The van der Waals surface area contributed by atoms with Gasteiger partial charge in [-0.25, -0.2) is 13.2 Å². The highest BCUT2D eigenvalue weighted by Gasteiger charge is 2.25. The van der Waals surface area contributed by atoms with Crippen molar-refractivity contribution < 1.29 is 22.7 Å². The number of fused-ring (bicyclic) bond motifs is 1. The Kier molecular flexibility index (Phi) is 5.12. The van der Waals surface area contributed by atoms with E-state index in [1.54, 1.807) is 60.7 Å². The van der Waals surface area contributed by atoms with E-state index >= 15 is 0 Å². The summed E-state index contributed by atoms with van der Waals surface area (Å²) in [6.45, 7) is 0. The van der Waals surface area contributed by atoms with Gasteiger partial charge < -0.3 is 9.47 Å². The van der Waals surface area contributed by atoms with Gasteiger partial charge in [0, 0.05) is 10.0 Å². The fourth-order valence-electron chi connectivity index (χ4n) is 2.72. The minimum Gasteiger partial charge on any atom is -0.457 e. The van der Waals surface area contributed by atoms with Crippen molar-refractivity contribution in [2.45, 2.75) is 0 Å². The summed E-state index contributed by atoms with van der Waals surface area (Å²) >= 11 is 3.36. The first-order valence-electron chi connectivity index (χ1n) is 8.49. The first kappa shape index (κ1) is 19.2. The number of hydrogen-bond acceptors (Lipinski definition) is 5. The Labute approximate surface area is 176 Å². The van der Waals surface area contributed by atoms with Crippen LogP contribution in [0.5, 0.6) is 11.5 Å². The summed E-state index contributed by atoms with van der Waals surface area (Å²) in [7, 11) is -3.78. The topological polar surface area (TPSA) is 81.7 Å². The van der Waals surface area contributed by atoms with Crippen LogP contribution in [0.2, 0.25) is 0 Å². The molecule has 0 fully saturated rings. The molecule has 0 amide bonds. The normalized spacial score (nSPS) is 14.2. The molecule has 0 unspecified atom stereocenters. The summed E-state index contributed by atoms with van der Waals surface area (Å²) in [6.07, 6.45) is 0. The molecule has 0 saturated carbocycles. The van der Waals surface area contributed by atoms with Gasteiger partial charge in [-0.1, -0.05) is 34.1 Å². The highest BCUT2D eigenvalue weighted by Crippen LogP contribution is 2.36. The first-order chi connectivity index (χ1) is 13.9. The van der Waals surface area contributed by atoms with Gasteiger partial charge in [-0.15, -0.1) is 0 Å². The molecular formula is C21H14BrNO5S. The zero-order valence-electron chi connectivity index (χ0n) is 14.8. The predicted octanol–water partition coefficient (Wildman–Crippen LogP) is 5.15. The van der Waals surface area contributed by atoms with Crippen LogP contribution in [0.1, 0.15) is 15.9 Å². The lowest BCUT2D eigenvalue weighted by atomic mass is 10.1. The number of ether oxygens (including phenoxy) is 2. The molecule has 4 rings (SSSR count). The predicted molar refractivity (Wildman–Crippen MR) is 113 cm³/mol. The molecule has 3 aromatic carbocycles. The zero-order chi connectivity index (χ0) is 20.4. The van der Waals surface area contributed by atoms with Crippen LogP contribution in [0.4, 0.5) is 5.69 Å². The average molecular weight is 472 g/mol. The highest BCUT2D eigenvalue weighted by molar-refractivity contribution is 9.10. The van der Waals surface area contributed by atoms with Crippen molar-refractivity contribution in [3.63, 3.8) is 0 Å². The summed E-state index contributed by atoms with van der Waals surface area (Å²) in [6, 6.07) is 20.4. The van der Waals surface area contributed by atoms with E-state index in [0.717, 1.165) is 9.88 Å². The van der Waals surface area contributed by atoms with Crippen molar-refractivity contribution in [2.75, 3.05) is 4.72 Å². The molecule has 29 heavy (non-hydrogen) atoms. The van der Waals surface area contributed by atoms with Gasteiger partial charge in [-0.3, -0.25) is 4.72 Å². The molecule has 146 valence electrons. The van der Waals surface area contributed by atoms with E-state index in [1.165, 1.54) is 0 Å². The van der Waals surface area contributed by atoms with E-state index in [9.17, 15) is 13.2 Å². The van der Waals surface area contributed by atoms with Gasteiger partial charge in [0.25, 0.3) is 10.0 Å². The Morgan fingerprint density at radius 2 is 1.59 bits per heavy atom. The third-order valence-corrected chi connectivity index (χ3v) is 5.59. The smallest absolute Gasteiger partial charge is 0.343 e. The van der Waals surface area contributed by atoms with E-state index in [-0.39, 0.29) is 5.76 Å². The quantitative estimate of drug-likeness (QED) is 0.531. The Hall–Kier alpha value is -3.10. The number of carbonyl (C=O) groups excluding carboxylic acids is 1. The molecule has 1 aliphatic rings. The molecule has 0 spiro atoms. The molecule has 6 nitrogen and oxygen atoms in total. The van der Waals surface area contributed by atoms with Crippen LogP contribution >= 0.6 is 15.9 Å². The lowest BCUT2D eigenvalue weighted by molar-refractivity contribution is 0.0692. The Balaban J connectivity index is 1.66. The maximum Gasteiger partial charge on any atom is 0.343 e. The van der Waals surface area contributed by atoms with Gasteiger partial charge in [0.1, 0.15) is 11.5 Å². The van der Waals surface area contributed by atoms with Gasteiger partial charge in [0.2, 0.25) is 0 Å². The third-order valence-electron chi connectivity index (χ3n) is 4.03. The van der Waals surface area contributed by atoms with Crippen LogP contribution < -0.4 is 9.46 Å². The Bertz CT molecular complexity index is 1210. The van der Waals surface area contributed by atoms with Gasteiger partial charge in [-0.05, 0) is 54.6 Å². The lowest BCUT2D eigenvalue weighted by Crippen LogP contribution is -2.18. The molecule has 0 radical (unpaired) electrons. The lowest BCUT2D eigenvalue weighted by Gasteiger charge is -2.20. The van der Waals surface area contributed by atoms with Gasteiger partial charge in [-0.2, -0.15) is 0 Å². The van der Waals surface area contributed by atoms with E-state index in [4.69, 9.17) is 9.47 Å². The van der Waals surface area contributed by atoms with Crippen LogP contribution in [-0.4, -0.2) is 14.4 Å². The van der Waals surface area contributed by atoms with Crippen molar-refractivity contribution >= 4 is 43.4 Å². The van der Waals surface area contributed by atoms with Gasteiger partial charge in [0.05, 0.1) is 16.7 Å². The number of sulfonamides is 1. The van der Waals surface area contributed by atoms with Crippen LogP contribution in [0, 0.1) is 0 Å². The number of esters is 1. The second-order valence-electron chi connectivity index (χ2n) is 6.15. The molecule has 0 aromatic heterocycles. The largest absolute Gasteiger partial charge is 0.457 e. The molecule has 0 atom stereocenters. The third kappa shape index (κ3) is 4.49. The van der Waals surface area contributed by atoms with E-state index in [2.05, 4.69) is 20.7 Å². The average Bonchev–Trinajstić information content (AvgIpc) is 2.70. The molecule has 0 aliphatic carbocycles. The number of benzene rings is 3. The number of rotatable bonds is 4. The number of hydrogen-bond donors (Lipinski definition) is 1. The second-order valence-corrected chi connectivity index (χ2v) is 8.59. The Morgan fingerprint density at radius 3 is 2.31 bits per heavy atom. The molecule has 0 saturated heterocycles. The Morgan fingerprint density at radius 1 is 0.897 bits per heavy atom. The monoisotopic (exact) mass is 471 g/mol. The maximum absolute atomic E-state index is 12.4. The first-order valence-corrected chi connectivity index (χ1v) is 10.8.